The van der Waals surface area contributed by atoms with E-state index in [1.165, 1.54) is 0 Å². The largest absolute Gasteiger partial charge is 0.491 e. The second-order valence-electron chi connectivity index (χ2n) is 8.86. The normalized spacial score (nSPS) is 28.2. The molecule has 2 aliphatic heterocycles. The average molecular weight is 377 g/mol. The lowest BCUT2D eigenvalue weighted by molar-refractivity contribution is -0.141. The van der Waals surface area contributed by atoms with E-state index in [9.17, 15) is 9.90 Å². The van der Waals surface area contributed by atoms with Gasteiger partial charge in [0.15, 0.2) is 0 Å². The zero-order valence-electron chi connectivity index (χ0n) is 16.9. The second kappa shape index (κ2) is 7.32. The first-order chi connectivity index (χ1) is 12.6. The molecule has 27 heavy (non-hydrogen) atoms. The van der Waals surface area contributed by atoms with Crippen LogP contribution in [0, 0.1) is 0 Å². The van der Waals surface area contributed by atoms with Crippen LogP contribution in [0.3, 0.4) is 0 Å². The fraction of sp³-hybridized carbons (Fsp3) is 0.667. The van der Waals surface area contributed by atoms with Gasteiger partial charge in [0, 0.05) is 12.8 Å². The number of rotatable bonds is 3. The van der Waals surface area contributed by atoms with Gasteiger partial charge in [0.2, 0.25) is 0 Å². The van der Waals surface area contributed by atoms with Gasteiger partial charge in [-0.25, -0.2) is 4.79 Å². The maximum absolute atomic E-state index is 12.7. The molecule has 0 aromatic heterocycles. The van der Waals surface area contributed by atoms with E-state index in [1.807, 2.05) is 58.9 Å². The standard InChI is InChI=1S/C21H31NO5/c1-14(2)26-18-8-6-15(7-9-18)21(24)10-16-12-25-13-17(11-21)22(16)19(23)27-20(3,4)5/h6-9,14,16-17,24H,10-13H2,1-5H3. The summed E-state index contributed by atoms with van der Waals surface area (Å²) in [5.74, 6) is 0.784. The SMILES string of the molecule is CC(C)Oc1ccc(C2(O)CC3COCC(C2)N3C(=O)OC(C)(C)C)cc1. The van der Waals surface area contributed by atoms with Crippen LogP contribution in [-0.4, -0.2) is 53.1 Å². The highest BCUT2D eigenvalue weighted by molar-refractivity contribution is 5.69. The first-order valence-corrected chi connectivity index (χ1v) is 9.66. The average Bonchev–Trinajstić information content (AvgIpc) is 2.52. The Balaban J connectivity index is 1.77. The highest BCUT2D eigenvalue weighted by Crippen LogP contribution is 2.42. The van der Waals surface area contributed by atoms with Crippen LogP contribution in [0.5, 0.6) is 5.75 Å². The van der Waals surface area contributed by atoms with Crippen LogP contribution in [0.15, 0.2) is 24.3 Å². The van der Waals surface area contributed by atoms with Crippen molar-refractivity contribution in [3.05, 3.63) is 29.8 Å². The first-order valence-electron chi connectivity index (χ1n) is 9.66. The Morgan fingerprint density at radius 3 is 2.22 bits per heavy atom. The predicted octanol–water partition coefficient (Wildman–Crippen LogP) is 3.46. The molecule has 2 saturated heterocycles. The molecule has 3 rings (SSSR count). The van der Waals surface area contributed by atoms with Crippen LogP contribution in [0.2, 0.25) is 0 Å². The van der Waals surface area contributed by atoms with Gasteiger partial charge >= 0.3 is 6.09 Å². The quantitative estimate of drug-likeness (QED) is 0.874. The van der Waals surface area contributed by atoms with Crippen molar-refractivity contribution in [3.63, 3.8) is 0 Å². The van der Waals surface area contributed by atoms with Gasteiger partial charge in [0.05, 0.1) is 37.0 Å². The number of benzene rings is 1. The molecule has 0 aliphatic carbocycles. The lowest BCUT2D eigenvalue weighted by Gasteiger charge is -2.51. The van der Waals surface area contributed by atoms with Gasteiger partial charge in [-0.3, -0.25) is 4.90 Å². The maximum atomic E-state index is 12.7. The Hall–Kier alpha value is -1.79. The molecule has 6 heteroatoms. The third kappa shape index (κ3) is 4.55. The first kappa shape index (κ1) is 20.0. The van der Waals surface area contributed by atoms with Crippen LogP contribution >= 0.6 is 0 Å². The minimum absolute atomic E-state index is 0.104. The van der Waals surface area contributed by atoms with Crippen molar-refractivity contribution in [1.82, 2.24) is 4.90 Å². The number of ether oxygens (including phenoxy) is 3. The van der Waals surface area contributed by atoms with Gasteiger partial charge < -0.3 is 19.3 Å². The summed E-state index contributed by atoms with van der Waals surface area (Å²) in [6.45, 7) is 10.4. The van der Waals surface area contributed by atoms with Gasteiger partial charge in [-0.2, -0.15) is 0 Å². The second-order valence-corrected chi connectivity index (χ2v) is 8.86. The molecule has 0 radical (unpaired) electrons. The van der Waals surface area contributed by atoms with E-state index in [4.69, 9.17) is 14.2 Å². The third-order valence-corrected chi connectivity index (χ3v) is 4.92. The summed E-state index contributed by atoms with van der Waals surface area (Å²) in [6, 6.07) is 7.20. The number of hydrogen-bond donors (Lipinski definition) is 1. The van der Waals surface area contributed by atoms with Crippen LogP contribution in [0.25, 0.3) is 0 Å². The van der Waals surface area contributed by atoms with Crippen molar-refractivity contribution >= 4 is 6.09 Å². The van der Waals surface area contributed by atoms with E-state index in [0.717, 1.165) is 11.3 Å². The van der Waals surface area contributed by atoms with Crippen molar-refractivity contribution in [3.8, 4) is 5.75 Å². The Kier molecular flexibility index (Phi) is 5.41. The number of hydrogen-bond acceptors (Lipinski definition) is 5. The van der Waals surface area contributed by atoms with Crippen molar-refractivity contribution < 1.29 is 24.1 Å². The van der Waals surface area contributed by atoms with E-state index in [2.05, 4.69) is 0 Å². The van der Waals surface area contributed by atoms with Crippen LogP contribution < -0.4 is 4.74 Å². The van der Waals surface area contributed by atoms with E-state index >= 15 is 0 Å². The molecule has 0 saturated carbocycles. The molecule has 1 aromatic rings. The van der Waals surface area contributed by atoms with E-state index < -0.39 is 11.2 Å². The molecular formula is C21H31NO5. The van der Waals surface area contributed by atoms with Crippen LogP contribution in [0.4, 0.5) is 4.79 Å². The van der Waals surface area contributed by atoms with Crippen molar-refractivity contribution in [1.29, 1.82) is 0 Å². The van der Waals surface area contributed by atoms with Crippen molar-refractivity contribution in [2.75, 3.05) is 13.2 Å². The molecule has 2 atom stereocenters. The highest BCUT2D eigenvalue weighted by atomic mass is 16.6. The third-order valence-electron chi connectivity index (χ3n) is 4.92. The minimum Gasteiger partial charge on any atom is -0.491 e. The van der Waals surface area contributed by atoms with E-state index in [-0.39, 0.29) is 24.3 Å². The Morgan fingerprint density at radius 1 is 1.19 bits per heavy atom. The lowest BCUT2D eigenvalue weighted by Crippen LogP contribution is -2.63. The topological polar surface area (TPSA) is 68.2 Å². The van der Waals surface area contributed by atoms with E-state index in [0.29, 0.717) is 26.1 Å². The summed E-state index contributed by atoms with van der Waals surface area (Å²) in [5, 5.41) is 11.4. The summed E-state index contributed by atoms with van der Waals surface area (Å²) in [7, 11) is 0. The molecule has 2 unspecified atom stereocenters. The van der Waals surface area contributed by atoms with Crippen molar-refractivity contribution in [2.24, 2.45) is 0 Å². The van der Waals surface area contributed by atoms with Gasteiger partial charge in [-0.05, 0) is 52.3 Å². The maximum Gasteiger partial charge on any atom is 0.410 e. The summed E-state index contributed by atoms with van der Waals surface area (Å²) >= 11 is 0. The zero-order chi connectivity index (χ0) is 19.8. The minimum atomic E-state index is -0.992. The molecule has 1 N–H and O–H groups in total. The molecular weight excluding hydrogens is 346 g/mol. The summed E-state index contributed by atoms with van der Waals surface area (Å²) in [6.07, 6.45) is 0.622. The summed E-state index contributed by atoms with van der Waals surface area (Å²) in [5.41, 5.74) is -0.695. The lowest BCUT2D eigenvalue weighted by atomic mass is 9.77. The molecule has 2 aliphatic rings. The monoisotopic (exact) mass is 377 g/mol. The Labute approximate surface area is 161 Å². The van der Waals surface area contributed by atoms with Gasteiger partial charge in [-0.15, -0.1) is 0 Å². The molecule has 2 fully saturated rings. The molecule has 1 aromatic carbocycles. The summed E-state index contributed by atoms with van der Waals surface area (Å²) in [4.78, 5) is 14.4. The predicted molar refractivity (Wildman–Crippen MR) is 102 cm³/mol. The number of fused-ring (bicyclic) bond motifs is 2. The molecule has 0 spiro atoms. The smallest absolute Gasteiger partial charge is 0.410 e. The molecule has 150 valence electrons. The van der Waals surface area contributed by atoms with Crippen molar-refractivity contribution in [2.45, 2.75) is 76.9 Å². The Bertz CT molecular complexity index is 650. The fourth-order valence-electron chi connectivity index (χ4n) is 3.94. The van der Waals surface area contributed by atoms with Gasteiger partial charge in [0.1, 0.15) is 11.4 Å². The fourth-order valence-corrected chi connectivity index (χ4v) is 3.94. The number of nitrogens with zero attached hydrogens (tertiary/aromatic N) is 1. The van der Waals surface area contributed by atoms with Gasteiger partial charge in [-0.1, -0.05) is 12.1 Å². The number of piperidine rings is 1. The number of aliphatic hydroxyl groups is 1. The molecule has 6 nitrogen and oxygen atoms in total. The van der Waals surface area contributed by atoms with Crippen LogP contribution in [-0.2, 0) is 15.1 Å². The van der Waals surface area contributed by atoms with E-state index in [1.54, 1.807) is 4.90 Å². The molecule has 2 heterocycles. The number of morpholine rings is 1. The Morgan fingerprint density at radius 2 is 1.74 bits per heavy atom. The van der Waals surface area contributed by atoms with Gasteiger partial charge in [0.25, 0.3) is 0 Å². The van der Waals surface area contributed by atoms with Crippen LogP contribution in [0.1, 0.15) is 53.0 Å². The summed E-state index contributed by atoms with van der Waals surface area (Å²) < 4.78 is 16.9. The highest BCUT2D eigenvalue weighted by Gasteiger charge is 2.49. The number of carbonyl (C=O) groups excluding carboxylic acids is 1. The molecule has 1 amide bonds. The number of amides is 1. The number of carbonyl (C=O) groups is 1. The zero-order valence-corrected chi connectivity index (χ0v) is 16.9. The molecule has 2 bridgehead atoms.